The zero-order valence-electron chi connectivity index (χ0n) is 12.7. The highest BCUT2D eigenvalue weighted by Crippen LogP contribution is 2.33. The van der Waals surface area contributed by atoms with Crippen LogP contribution in [0, 0.1) is 5.92 Å². The van der Waals surface area contributed by atoms with Crippen molar-refractivity contribution in [1.82, 2.24) is 9.88 Å². The smallest absolute Gasteiger partial charge is 0.229 e. The van der Waals surface area contributed by atoms with Crippen LogP contribution >= 0.6 is 22.9 Å². The van der Waals surface area contributed by atoms with Gasteiger partial charge in [-0.3, -0.25) is 9.69 Å². The Morgan fingerprint density at radius 2 is 2.22 bits per heavy atom. The van der Waals surface area contributed by atoms with Crippen LogP contribution in [0.1, 0.15) is 29.0 Å². The molecule has 2 aromatic rings. The lowest BCUT2D eigenvalue weighted by atomic mass is 10.1. The molecule has 0 saturated heterocycles. The van der Waals surface area contributed by atoms with Crippen molar-refractivity contribution < 1.29 is 4.79 Å². The van der Waals surface area contributed by atoms with Crippen molar-refractivity contribution in [3.05, 3.63) is 45.4 Å². The van der Waals surface area contributed by atoms with Crippen molar-refractivity contribution in [2.75, 3.05) is 11.9 Å². The maximum atomic E-state index is 11.9. The molecule has 1 aliphatic heterocycles. The first-order chi connectivity index (χ1) is 11.2. The lowest BCUT2D eigenvalue weighted by Gasteiger charge is -2.26. The molecule has 2 heterocycles. The van der Waals surface area contributed by atoms with E-state index in [1.54, 1.807) is 11.3 Å². The predicted molar refractivity (Wildman–Crippen MR) is 92.7 cm³/mol. The summed E-state index contributed by atoms with van der Waals surface area (Å²) >= 11 is 7.87. The maximum absolute atomic E-state index is 11.9. The van der Waals surface area contributed by atoms with Crippen LogP contribution in [0.2, 0.25) is 5.02 Å². The molecule has 1 saturated carbocycles. The number of nitrogens with one attached hydrogen (secondary N) is 1. The molecule has 1 N–H and O–H groups in total. The van der Waals surface area contributed by atoms with Gasteiger partial charge < -0.3 is 5.32 Å². The van der Waals surface area contributed by atoms with E-state index in [1.165, 1.54) is 4.88 Å². The summed E-state index contributed by atoms with van der Waals surface area (Å²) in [7, 11) is 0. The molecule has 1 fully saturated rings. The molecule has 0 unspecified atom stereocenters. The fraction of sp³-hybridized carbons (Fsp3) is 0.412. The zero-order chi connectivity index (χ0) is 15.8. The quantitative estimate of drug-likeness (QED) is 0.917. The van der Waals surface area contributed by atoms with E-state index in [4.69, 9.17) is 11.6 Å². The molecule has 4 rings (SSSR count). The third kappa shape index (κ3) is 3.42. The van der Waals surface area contributed by atoms with E-state index < -0.39 is 0 Å². The molecule has 0 radical (unpaired) electrons. The van der Waals surface area contributed by atoms with Gasteiger partial charge in [-0.25, -0.2) is 4.98 Å². The summed E-state index contributed by atoms with van der Waals surface area (Å²) in [5.74, 6) is 0.344. The van der Waals surface area contributed by atoms with Crippen LogP contribution in [-0.4, -0.2) is 22.3 Å². The summed E-state index contributed by atoms with van der Waals surface area (Å²) in [6.45, 7) is 2.69. The Morgan fingerprint density at radius 1 is 1.39 bits per heavy atom. The standard InChI is InChI=1S/C17H18ClN3OS/c18-13-4-2-1-3-12(13)9-21-8-7-14-15(10-21)23-17(19-14)20-16(22)11-5-6-11/h1-4,11H,5-10H2,(H,19,20,22). The van der Waals surface area contributed by atoms with Crippen molar-refractivity contribution in [3.63, 3.8) is 0 Å². The molecule has 0 atom stereocenters. The highest BCUT2D eigenvalue weighted by Gasteiger charge is 2.30. The third-order valence-corrected chi connectivity index (χ3v) is 5.71. The van der Waals surface area contributed by atoms with E-state index in [9.17, 15) is 4.79 Å². The van der Waals surface area contributed by atoms with E-state index in [1.807, 2.05) is 18.2 Å². The molecule has 0 bridgehead atoms. The number of thiazole rings is 1. The van der Waals surface area contributed by atoms with Crippen LogP contribution in [-0.2, 0) is 24.3 Å². The first-order valence-electron chi connectivity index (χ1n) is 7.94. The summed E-state index contributed by atoms with van der Waals surface area (Å²) < 4.78 is 0. The largest absolute Gasteiger partial charge is 0.302 e. The summed E-state index contributed by atoms with van der Waals surface area (Å²) in [6.07, 6.45) is 2.96. The third-order valence-electron chi connectivity index (χ3n) is 4.34. The van der Waals surface area contributed by atoms with Gasteiger partial charge in [-0.15, -0.1) is 11.3 Å². The molecular weight excluding hydrogens is 330 g/mol. The highest BCUT2D eigenvalue weighted by molar-refractivity contribution is 7.15. The van der Waals surface area contributed by atoms with E-state index in [-0.39, 0.29) is 11.8 Å². The van der Waals surface area contributed by atoms with Crippen LogP contribution in [0.3, 0.4) is 0 Å². The minimum atomic E-state index is 0.129. The van der Waals surface area contributed by atoms with Gasteiger partial charge in [0.05, 0.1) is 5.69 Å². The summed E-state index contributed by atoms with van der Waals surface area (Å²) in [5.41, 5.74) is 2.29. The first kappa shape index (κ1) is 15.1. The monoisotopic (exact) mass is 347 g/mol. The van der Waals surface area contributed by atoms with Crippen molar-refractivity contribution in [2.24, 2.45) is 5.92 Å². The second-order valence-corrected chi connectivity index (χ2v) is 7.70. The number of hydrogen-bond donors (Lipinski definition) is 1. The number of benzene rings is 1. The number of nitrogens with zero attached hydrogens (tertiary/aromatic N) is 2. The van der Waals surface area contributed by atoms with Crippen LogP contribution in [0.5, 0.6) is 0 Å². The molecule has 2 aliphatic rings. The minimum Gasteiger partial charge on any atom is -0.302 e. The molecule has 23 heavy (non-hydrogen) atoms. The van der Waals surface area contributed by atoms with Crippen LogP contribution < -0.4 is 5.32 Å². The first-order valence-corrected chi connectivity index (χ1v) is 9.13. The molecule has 1 amide bonds. The number of carbonyl (C=O) groups excluding carboxylic acids is 1. The topological polar surface area (TPSA) is 45.2 Å². The Hall–Kier alpha value is -1.43. The number of halogens is 1. The fourth-order valence-electron chi connectivity index (χ4n) is 2.86. The summed E-state index contributed by atoms with van der Waals surface area (Å²) in [5, 5.41) is 4.54. The van der Waals surface area contributed by atoms with Crippen molar-refractivity contribution in [1.29, 1.82) is 0 Å². The fourth-order valence-corrected chi connectivity index (χ4v) is 4.11. The molecule has 1 aromatic heterocycles. The highest BCUT2D eigenvalue weighted by atomic mass is 35.5. The number of anilines is 1. The molecular formula is C17H18ClN3OS. The molecule has 1 aromatic carbocycles. The average molecular weight is 348 g/mol. The Bertz CT molecular complexity index is 741. The molecule has 1 aliphatic carbocycles. The van der Waals surface area contributed by atoms with Gasteiger partial charge in [-0.2, -0.15) is 0 Å². The van der Waals surface area contributed by atoms with Gasteiger partial charge >= 0.3 is 0 Å². The Morgan fingerprint density at radius 3 is 3.00 bits per heavy atom. The van der Waals surface area contributed by atoms with Crippen LogP contribution in [0.25, 0.3) is 0 Å². The minimum absolute atomic E-state index is 0.129. The van der Waals surface area contributed by atoms with Gasteiger partial charge in [0.2, 0.25) is 5.91 Å². The molecule has 6 heteroatoms. The normalized spacial score (nSPS) is 17.8. The van der Waals surface area contributed by atoms with Crippen molar-refractivity contribution in [2.45, 2.75) is 32.4 Å². The molecule has 0 spiro atoms. The predicted octanol–water partition coefficient (Wildman–Crippen LogP) is 3.70. The van der Waals surface area contributed by atoms with E-state index >= 15 is 0 Å². The average Bonchev–Trinajstić information content (AvgIpc) is 3.31. The lowest BCUT2D eigenvalue weighted by Crippen LogP contribution is -2.29. The second kappa shape index (κ2) is 6.23. The number of fused-ring (bicyclic) bond motifs is 1. The van der Waals surface area contributed by atoms with E-state index in [0.717, 1.165) is 60.3 Å². The van der Waals surface area contributed by atoms with Gasteiger partial charge in [0.1, 0.15) is 0 Å². The Kier molecular flexibility index (Phi) is 4.09. The second-order valence-electron chi connectivity index (χ2n) is 6.20. The van der Waals surface area contributed by atoms with Crippen molar-refractivity contribution >= 4 is 34.0 Å². The van der Waals surface area contributed by atoms with Gasteiger partial charge in [-0.1, -0.05) is 29.8 Å². The van der Waals surface area contributed by atoms with Gasteiger partial charge in [0.15, 0.2) is 5.13 Å². The Balaban J connectivity index is 1.43. The Labute approximate surface area is 144 Å². The van der Waals surface area contributed by atoms with Crippen LogP contribution in [0.15, 0.2) is 24.3 Å². The number of hydrogen-bond acceptors (Lipinski definition) is 4. The van der Waals surface area contributed by atoms with Gasteiger partial charge in [0, 0.05) is 41.9 Å². The van der Waals surface area contributed by atoms with E-state index in [0.29, 0.717) is 0 Å². The number of carbonyl (C=O) groups is 1. The SMILES string of the molecule is O=C(Nc1nc2c(s1)CN(Cc1ccccc1Cl)CC2)C1CC1. The van der Waals surface area contributed by atoms with Crippen LogP contribution in [0.4, 0.5) is 5.13 Å². The molecule has 4 nitrogen and oxygen atoms in total. The van der Waals surface area contributed by atoms with E-state index in [2.05, 4.69) is 21.3 Å². The lowest BCUT2D eigenvalue weighted by molar-refractivity contribution is -0.117. The maximum Gasteiger partial charge on any atom is 0.229 e. The summed E-state index contributed by atoms with van der Waals surface area (Å²) in [6, 6.07) is 7.99. The van der Waals surface area contributed by atoms with Crippen molar-refractivity contribution in [3.8, 4) is 0 Å². The van der Waals surface area contributed by atoms with Gasteiger partial charge in [-0.05, 0) is 24.5 Å². The van der Waals surface area contributed by atoms with Gasteiger partial charge in [0.25, 0.3) is 0 Å². The number of amides is 1. The molecule has 120 valence electrons. The summed E-state index contributed by atoms with van der Waals surface area (Å²) in [4.78, 5) is 20.1. The zero-order valence-corrected chi connectivity index (χ0v) is 14.3. The number of rotatable bonds is 4. The number of aromatic nitrogens is 1.